The van der Waals surface area contributed by atoms with Crippen molar-refractivity contribution >= 4 is 40.3 Å². The Kier molecular flexibility index (Phi) is 6.30. The number of aliphatic hydroxyl groups is 1. The molecule has 0 radical (unpaired) electrons. The summed E-state index contributed by atoms with van der Waals surface area (Å²) in [5.74, 6) is -3.06. The highest BCUT2D eigenvalue weighted by Gasteiger charge is 2.18. The van der Waals surface area contributed by atoms with Gasteiger partial charge in [-0.25, -0.2) is 4.98 Å². The highest BCUT2D eigenvalue weighted by atomic mass is 35.5. The van der Waals surface area contributed by atoms with Crippen molar-refractivity contribution in [2.45, 2.75) is 23.6 Å². The Morgan fingerprint density at radius 1 is 1.22 bits per heavy atom. The minimum absolute atomic E-state index is 0.00951. The van der Waals surface area contributed by atoms with Crippen molar-refractivity contribution in [3.8, 4) is 0 Å². The Morgan fingerprint density at radius 3 is 2.63 bits per heavy atom. The molecule has 0 aliphatic heterocycles. The van der Waals surface area contributed by atoms with Crippen molar-refractivity contribution in [2.24, 2.45) is 0 Å². The first-order chi connectivity index (χ1) is 12.9. The Hall–Kier alpha value is -2.16. The summed E-state index contributed by atoms with van der Waals surface area (Å²) in [6.07, 6.45) is -0.902. The van der Waals surface area contributed by atoms with E-state index in [0.717, 1.165) is 0 Å². The molecule has 3 rings (SSSR count). The second-order valence-corrected chi connectivity index (χ2v) is 7.11. The number of carbonyl (C=O) groups is 1. The molecule has 1 aromatic heterocycles. The van der Waals surface area contributed by atoms with Gasteiger partial charge < -0.3 is 15.0 Å². The zero-order valence-electron chi connectivity index (χ0n) is 14.0. The lowest BCUT2D eigenvalue weighted by atomic mass is 10.1. The number of hydrogen-bond donors (Lipinski definition) is 2. The highest BCUT2D eigenvalue weighted by molar-refractivity contribution is 7.99. The van der Waals surface area contributed by atoms with Crippen LogP contribution in [-0.4, -0.2) is 32.9 Å². The monoisotopic (exact) mass is 411 g/mol. The molecule has 1 atom stereocenters. The standard InChI is InChI=1S/C18H16ClF2N3O2S/c19-12-7-5-11(6-8-12)15(25)9-22-16(26)10-24-14-4-2-1-3-13(14)23-18(24)27-17(20)21/h1-8,15,17,25H,9-10H2,(H,22,26). The van der Waals surface area contributed by atoms with E-state index in [-0.39, 0.29) is 18.2 Å². The molecule has 0 saturated carbocycles. The molecule has 0 aliphatic rings. The molecule has 9 heteroatoms. The van der Waals surface area contributed by atoms with Crippen molar-refractivity contribution < 1.29 is 18.7 Å². The molecule has 0 bridgehead atoms. The lowest BCUT2D eigenvalue weighted by Gasteiger charge is -2.13. The quantitative estimate of drug-likeness (QED) is 0.579. The van der Waals surface area contributed by atoms with Crippen LogP contribution < -0.4 is 5.32 Å². The van der Waals surface area contributed by atoms with Gasteiger partial charge in [-0.1, -0.05) is 35.9 Å². The summed E-state index contributed by atoms with van der Waals surface area (Å²) in [5.41, 5.74) is 1.74. The molecule has 5 nitrogen and oxygen atoms in total. The topological polar surface area (TPSA) is 67.2 Å². The molecule has 27 heavy (non-hydrogen) atoms. The third-order valence-corrected chi connectivity index (χ3v) is 4.82. The maximum atomic E-state index is 12.8. The van der Waals surface area contributed by atoms with E-state index in [9.17, 15) is 18.7 Å². The van der Waals surface area contributed by atoms with Gasteiger partial charge in [0.1, 0.15) is 6.54 Å². The van der Waals surface area contributed by atoms with Crippen LogP contribution in [0.2, 0.25) is 5.02 Å². The first kappa shape index (κ1) is 19.6. The molecule has 0 fully saturated rings. The van der Waals surface area contributed by atoms with E-state index >= 15 is 0 Å². The van der Waals surface area contributed by atoms with E-state index < -0.39 is 17.8 Å². The van der Waals surface area contributed by atoms with E-state index in [1.165, 1.54) is 4.57 Å². The zero-order chi connectivity index (χ0) is 19.4. The minimum atomic E-state index is -2.64. The Morgan fingerprint density at radius 2 is 1.93 bits per heavy atom. The van der Waals surface area contributed by atoms with Crippen LogP contribution >= 0.6 is 23.4 Å². The smallest absolute Gasteiger partial charge is 0.291 e. The molecule has 1 unspecified atom stereocenters. The normalized spacial score (nSPS) is 12.5. The number of aromatic nitrogens is 2. The highest BCUT2D eigenvalue weighted by Crippen LogP contribution is 2.28. The van der Waals surface area contributed by atoms with Gasteiger partial charge in [0.2, 0.25) is 5.91 Å². The zero-order valence-corrected chi connectivity index (χ0v) is 15.6. The van der Waals surface area contributed by atoms with E-state index in [0.29, 0.717) is 33.4 Å². The van der Waals surface area contributed by atoms with Gasteiger partial charge in [0, 0.05) is 11.6 Å². The average molecular weight is 412 g/mol. The molecule has 0 saturated heterocycles. The number of thioether (sulfide) groups is 1. The molecular weight excluding hydrogens is 396 g/mol. The van der Waals surface area contributed by atoms with Gasteiger partial charge >= 0.3 is 0 Å². The minimum Gasteiger partial charge on any atom is -0.387 e. The van der Waals surface area contributed by atoms with Crippen LogP contribution in [-0.2, 0) is 11.3 Å². The van der Waals surface area contributed by atoms with Gasteiger partial charge in [-0.3, -0.25) is 4.79 Å². The van der Waals surface area contributed by atoms with Gasteiger partial charge in [-0.2, -0.15) is 8.78 Å². The first-order valence-electron chi connectivity index (χ1n) is 8.04. The summed E-state index contributed by atoms with van der Waals surface area (Å²) in [7, 11) is 0. The number of nitrogens with zero attached hydrogens (tertiary/aromatic N) is 2. The molecule has 0 aliphatic carbocycles. The lowest BCUT2D eigenvalue weighted by molar-refractivity contribution is -0.122. The number of rotatable bonds is 7. The molecule has 2 aromatic carbocycles. The summed E-state index contributed by atoms with van der Waals surface area (Å²) < 4.78 is 27.0. The largest absolute Gasteiger partial charge is 0.387 e. The number of halogens is 3. The fraction of sp³-hybridized carbons (Fsp3) is 0.222. The second-order valence-electron chi connectivity index (χ2n) is 5.72. The molecule has 1 heterocycles. The van der Waals surface area contributed by atoms with Crippen molar-refractivity contribution in [3.05, 3.63) is 59.1 Å². The summed E-state index contributed by atoms with van der Waals surface area (Å²) in [5, 5.41) is 13.4. The molecule has 0 spiro atoms. The Bertz CT molecular complexity index is 934. The van der Waals surface area contributed by atoms with E-state index in [4.69, 9.17) is 11.6 Å². The average Bonchev–Trinajstić information content (AvgIpc) is 2.97. The van der Waals surface area contributed by atoms with Crippen LogP contribution in [0.3, 0.4) is 0 Å². The molecule has 1 amide bonds. The van der Waals surface area contributed by atoms with Gasteiger partial charge in [0.15, 0.2) is 5.16 Å². The van der Waals surface area contributed by atoms with Crippen LogP contribution in [0.1, 0.15) is 11.7 Å². The second kappa shape index (κ2) is 8.69. The third-order valence-electron chi connectivity index (χ3n) is 3.86. The molecule has 3 aromatic rings. The number of imidazole rings is 1. The summed E-state index contributed by atoms with van der Waals surface area (Å²) in [6.45, 7) is -0.187. The van der Waals surface area contributed by atoms with Crippen LogP contribution in [0.4, 0.5) is 8.78 Å². The SMILES string of the molecule is O=C(Cn1c(SC(F)F)nc2ccccc21)NCC(O)c1ccc(Cl)cc1. The van der Waals surface area contributed by atoms with Gasteiger partial charge in [0.25, 0.3) is 5.76 Å². The fourth-order valence-electron chi connectivity index (χ4n) is 2.59. The van der Waals surface area contributed by atoms with Crippen LogP contribution in [0.25, 0.3) is 11.0 Å². The number of para-hydroxylation sites is 2. The van der Waals surface area contributed by atoms with Crippen molar-refractivity contribution in [1.82, 2.24) is 14.9 Å². The number of aliphatic hydroxyl groups excluding tert-OH is 1. The van der Waals surface area contributed by atoms with Crippen molar-refractivity contribution in [2.75, 3.05) is 6.54 Å². The molecular formula is C18H16ClF2N3O2S. The van der Waals surface area contributed by atoms with Crippen LogP contribution in [0, 0.1) is 0 Å². The number of carbonyl (C=O) groups excluding carboxylic acids is 1. The predicted octanol–water partition coefficient (Wildman–Crippen LogP) is 3.85. The number of nitrogens with one attached hydrogen (secondary N) is 1. The van der Waals surface area contributed by atoms with E-state index in [1.54, 1.807) is 48.5 Å². The number of alkyl halides is 2. The number of benzene rings is 2. The number of hydrogen-bond acceptors (Lipinski definition) is 4. The summed E-state index contributed by atoms with van der Waals surface area (Å²) in [6, 6.07) is 13.5. The van der Waals surface area contributed by atoms with E-state index in [1.807, 2.05) is 0 Å². The molecule has 2 N–H and O–H groups in total. The maximum absolute atomic E-state index is 12.8. The van der Waals surface area contributed by atoms with Gasteiger partial charge in [-0.15, -0.1) is 0 Å². The Balaban J connectivity index is 1.69. The third kappa shape index (κ3) is 4.97. The lowest BCUT2D eigenvalue weighted by Crippen LogP contribution is -2.31. The Labute approximate surface area is 163 Å². The summed E-state index contributed by atoms with van der Waals surface area (Å²) in [4.78, 5) is 16.5. The van der Waals surface area contributed by atoms with Crippen LogP contribution in [0.15, 0.2) is 53.7 Å². The van der Waals surface area contributed by atoms with Gasteiger partial charge in [0.05, 0.1) is 17.1 Å². The summed E-state index contributed by atoms with van der Waals surface area (Å²) >= 11 is 6.10. The van der Waals surface area contributed by atoms with E-state index in [2.05, 4.69) is 10.3 Å². The first-order valence-corrected chi connectivity index (χ1v) is 9.30. The predicted molar refractivity (Wildman–Crippen MR) is 101 cm³/mol. The fourth-order valence-corrected chi connectivity index (χ4v) is 3.32. The van der Waals surface area contributed by atoms with Crippen molar-refractivity contribution in [3.63, 3.8) is 0 Å². The van der Waals surface area contributed by atoms with Crippen LogP contribution in [0.5, 0.6) is 0 Å². The maximum Gasteiger partial charge on any atom is 0.291 e. The van der Waals surface area contributed by atoms with Crippen molar-refractivity contribution in [1.29, 1.82) is 0 Å². The van der Waals surface area contributed by atoms with Gasteiger partial charge in [-0.05, 0) is 41.6 Å². The number of fused-ring (bicyclic) bond motifs is 1. The number of amides is 1. The molecule has 142 valence electrons.